The molecule has 120 valence electrons. The molecular weight excluding hydrogens is 286 g/mol. The van der Waals surface area contributed by atoms with Gasteiger partial charge in [0, 0.05) is 18.7 Å². The van der Waals surface area contributed by atoms with Crippen LogP contribution in [-0.2, 0) is 9.53 Å². The molecule has 0 saturated heterocycles. The van der Waals surface area contributed by atoms with Gasteiger partial charge in [0.1, 0.15) is 0 Å². The van der Waals surface area contributed by atoms with Crippen LogP contribution in [0.25, 0.3) is 0 Å². The molecule has 0 unspecified atom stereocenters. The van der Waals surface area contributed by atoms with E-state index in [9.17, 15) is 9.59 Å². The average Bonchev–Trinajstić information content (AvgIpc) is 2.98. The van der Waals surface area contributed by atoms with Crippen molar-refractivity contribution in [2.24, 2.45) is 0 Å². The zero-order valence-corrected chi connectivity index (χ0v) is 13.0. The maximum atomic E-state index is 12.6. The van der Waals surface area contributed by atoms with Gasteiger partial charge in [0.25, 0.3) is 5.91 Å². The number of amides is 1. The van der Waals surface area contributed by atoms with Crippen LogP contribution in [0.15, 0.2) is 18.2 Å². The van der Waals surface area contributed by atoms with Gasteiger partial charge in [-0.15, -0.1) is 0 Å². The second-order valence-electron chi connectivity index (χ2n) is 4.92. The predicted octanol–water partition coefficient (Wildman–Crippen LogP) is 2.22. The van der Waals surface area contributed by atoms with Crippen LogP contribution in [0.4, 0.5) is 0 Å². The molecule has 1 aromatic carbocycles. The van der Waals surface area contributed by atoms with E-state index in [4.69, 9.17) is 14.2 Å². The summed E-state index contributed by atoms with van der Waals surface area (Å²) in [7, 11) is 0. The van der Waals surface area contributed by atoms with Gasteiger partial charge in [0.05, 0.1) is 13.0 Å². The number of hydrogen-bond acceptors (Lipinski definition) is 5. The topological polar surface area (TPSA) is 65.1 Å². The van der Waals surface area contributed by atoms with Crippen molar-refractivity contribution >= 4 is 11.9 Å². The fraction of sp³-hybridized carbons (Fsp3) is 0.500. The van der Waals surface area contributed by atoms with E-state index in [2.05, 4.69) is 0 Å². The minimum absolute atomic E-state index is 0.121. The molecule has 0 aromatic heterocycles. The third-order valence-electron chi connectivity index (χ3n) is 3.29. The Balaban J connectivity index is 2.04. The summed E-state index contributed by atoms with van der Waals surface area (Å²) in [5.41, 5.74) is 0.529. The first-order valence-corrected chi connectivity index (χ1v) is 7.50. The lowest BCUT2D eigenvalue weighted by Gasteiger charge is -2.22. The van der Waals surface area contributed by atoms with Crippen molar-refractivity contribution in [1.82, 2.24) is 4.90 Å². The molecule has 1 aromatic rings. The van der Waals surface area contributed by atoms with Gasteiger partial charge in [-0.1, -0.05) is 6.92 Å². The van der Waals surface area contributed by atoms with Crippen LogP contribution < -0.4 is 9.47 Å². The standard InChI is InChI=1S/C16H21NO5/c1-3-8-17(9-7-15(18)20-4-2)16(19)12-5-6-13-14(10-12)22-11-21-13/h5-6,10H,3-4,7-9,11H2,1-2H3. The largest absolute Gasteiger partial charge is 0.466 e. The zero-order valence-electron chi connectivity index (χ0n) is 13.0. The molecule has 1 heterocycles. The van der Waals surface area contributed by atoms with E-state index in [0.717, 1.165) is 6.42 Å². The molecule has 0 radical (unpaired) electrons. The lowest BCUT2D eigenvalue weighted by Crippen LogP contribution is -2.34. The highest BCUT2D eigenvalue weighted by atomic mass is 16.7. The minimum atomic E-state index is -0.290. The quantitative estimate of drug-likeness (QED) is 0.723. The van der Waals surface area contributed by atoms with E-state index in [1.807, 2.05) is 6.92 Å². The predicted molar refractivity (Wildman–Crippen MR) is 80.0 cm³/mol. The number of hydrogen-bond donors (Lipinski definition) is 0. The molecule has 0 aliphatic carbocycles. The molecule has 0 bridgehead atoms. The molecule has 0 atom stereocenters. The molecule has 1 aliphatic heterocycles. The Bertz CT molecular complexity index is 543. The number of fused-ring (bicyclic) bond motifs is 1. The van der Waals surface area contributed by atoms with Crippen molar-refractivity contribution in [3.63, 3.8) is 0 Å². The van der Waals surface area contributed by atoms with Crippen molar-refractivity contribution in [2.75, 3.05) is 26.5 Å². The SMILES string of the molecule is CCCN(CCC(=O)OCC)C(=O)c1ccc2c(c1)OCO2. The number of rotatable bonds is 7. The van der Waals surface area contributed by atoms with E-state index in [1.54, 1.807) is 30.0 Å². The first-order chi connectivity index (χ1) is 10.7. The molecule has 0 spiro atoms. The number of carbonyl (C=O) groups excluding carboxylic acids is 2. The Kier molecular flexibility index (Phi) is 5.63. The summed E-state index contributed by atoms with van der Waals surface area (Å²) in [5.74, 6) is 0.810. The molecule has 0 saturated carbocycles. The third kappa shape index (κ3) is 3.90. The van der Waals surface area contributed by atoms with E-state index < -0.39 is 0 Å². The first-order valence-electron chi connectivity index (χ1n) is 7.50. The van der Waals surface area contributed by atoms with Gasteiger partial charge in [-0.2, -0.15) is 0 Å². The summed E-state index contributed by atoms with van der Waals surface area (Å²) in [6.07, 6.45) is 1.02. The third-order valence-corrected chi connectivity index (χ3v) is 3.29. The number of nitrogens with zero attached hydrogens (tertiary/aromatic N) is 1. The van der Waals surface area contributed by atoms with Crippen LogP contribution in [-0.4, -0.2) is 43.3 Å². The number of ether oxygens (including phenoxy) is 3. The number of carbonyl (C=O) groups is 2. The van der Waals surface area contributed by atoms with E-state index >= 15 is 0 Å². The normalized spacial score (nSPS) is 12.1. The zero-order chi connectivity index (χ0) is 15.9. The molecule has 6 nitrogen and oxygen atoms in total. The summed E-state index contributed by atoms with van der Waals surface area (Å²) in [6.45, 7) is 5.22. The van der Waals surface area contributed by atoms with Crippen LogP contribution in [0.5, 0.6) is 11.5 Å². The van der Waals surface area contributed by atoms with Crippen molar-refractivity contribution < 1.29 is 23.8 Å². The van der Waals surface area contributed by atoms with E-state index in [-0.39, 0.29) is 25.1 Å². The first kappa shape index (κ1) is 16.1. The van der Waals surface area contributed by atoms with Crippen molar-refractivity contribution in [3.05, 3.63) is 23.8 Å². The minimum Gasteiger partial charge on any atom is -0.466 e. The van der Waals surface area contributed by atoms with E-state index in [1.165, 1.54) is 0 Å². The average molecular weight is 307 g/mol. The summed E-state index contributed by atoms with van der Waals surface area (Å²) >= 11 is 0. The fourth-order valence-electron chi connectivity index (χ4n) is 2.26. The maximum absolute atomic E-state index is 12.6. The Hall–Kier alpha value is -2.24. The Morgan fingerprint density at radius 3 is 2.68 bits per heavy atom. The second kappa shape index (κ2) is 7.68. The van der Waals surface area contributed by atoms with Crippen LogP contribution in [0.1, 0.15) is 37.0 Å². The van der Waals surface area contributed by atoms with Crippen LogP contribution >= 0.6 is 0 Å². The van der Waals surface area contributed by atoms with Gasteiger partial charge in [-0.25, -0.2) is 0 Å². The second-order valence-corrected chi connectivity index (χ2v) is 4.92. The van der Waals surface area contributed by atoms with E-state index in [0.29, 0.717) is 36.8 Å². The van der Waals surface area contributed by atoms with Gasteiger partial charge in [-0.05, 0) is 31.5 Å². The van der Waals surface area contributed by atoms with Gasteiger partial charge in [0.15, 0.2) is 11.5 Å². The highest BCUT2D eigenvalue weighted by Gasteiger charge is 2.20. The monoisotopic (exact) mass is 307 g/mol. The van der Waals surface area contributed by atoms with Crippen molar-refractivity contribution in [1.29, 1.82) is 0 Å². The number of esters is 1. The molecular formula is C16H21NO5. The Morgan fingerprint density at radius 1 is 1.18 bits per heavy atom. The highest BCUT2D eigenvalue weighted by Crippen LogP contribution is 2.32. The summed E-state index contributed by atoms with van der Waals surface area (Å²) < 4.78 is 15.4. The molecule has 1 amide bonds. The van der Waals surface area contributed by atoms with Gasteiger partial charge in [-0.3, -0.25) is 9.59 Å². The van der Waals surface area contributed by atoms with Crippen LogP contribution in [0.3, 0.4) is 0 Å². The number of benzene rings is 1. The van der Waals surface area contributed by atoms with Gasteiger partial charge < -0.3 is 19.1 Å². The molecule has 22 heavy (non-hydrogen) atoms. The summed E-state index contributed by atoms with van der Waals surface area (Å²) in [6, 6.07) is 5.12. The molecule has 0 fully saturated rings. The smallest absolute Gasteiger partial charge is 0.307 e. The molecule has 0 N–H and O–H groups in total. The summed E-state index contributed by atoms with van der Waals surface area (Å²) in [5, 5.41) is 0. The van der Waals surface area contributed by atoms with Crippen LogP contribution in [0.2, 0.25) is 0 Å². The Labute approximate surface area is 129 Å². The summed E-state index contributed by atoms with van der Waals surface area (Å²) in [4.78, 5) is 25.7. The van der Waals surface area contributed by atoms with Crippen LogP contribution in [0, 0.1) is 0 Å². The van der Waals surface area contributed by atoms with Crippen molar-refractivity contribution in [3.8, 4) is 11.5 Å². The van der Waals surface area contributed by atoms with Gasteiger partial charge >= 0.3 is 5.97 Å². The lowest BCUT2D eigenvalue weighted by atomic mass is 10.1. The van der Waals surface area contributed by atoms with Crippen molar-refractivity contribution in [2.45, 2.75) is 26.7 Å². The maximum Gasteiger partial charge on any atom is 0.307 e. The Morgan fingerprint density at radius 2 is 1.95 bits per heavy atom. The molecule has 2 rings (SSSR count). The lowest BCUT2D eigenvalue weighted by molar-refractivity contribution is -0.143. The molecule has 1 aliphatic rings. The molecule has 6 heteroatoms. The fourth-order valence-corrected chi connectivity index (χ4v) is 2.26. The van der Waals surface area contributed by atoms with Gasteiger partial charge in [0.2, 0.25) is 6.79 Å². The highest BCUT2D eigenvalue weighted by molar-refractivity contribution is 5.95.